The van der Waals surface area contributed by atoms with Crippen LogP contribution in [0, 0.1) is 17.9 Å². The molecule has 0 aliphatic rings. The van der Waals surface area contributed by atoms with Crippen LogP contribution in [0.3, 0.4) is 0 Å². The van der Waals surface area contributed by atoms with Gasteiger partial charge < -0.3 is 4.57 Å². The summed E-state index contributed by atoms with van der Waals surface area (Å²) in [6.07, 6.45) is 0. The fourth-order valence-corrected chi connectivity index (χ4v) is 11.4. The van der Waals surface area contributed by atoms with Gasteiger partial charge in [0, 0.05) is 72.0 Å². The van der Waals surface area contributed by atoms with Gasteiger partial charge in [0.1, 0.15) is 0 Å². The molecule has 11 heteroatoms. The maximum absolute atomic E-state index is 10.2. The third-order valence-electron chi connectivity index (χ3n) is 15.8. The van der Waals surface area contributed by atoms with Crippen molar-refractivity contribution in [2.45, 2.75) is 0 Å². The van der Waals surface area contributed by atoms with Crippen LogP contribution in [0.15, 0.2) is 285 Å². The summed E-state index contributed by atoms with van der Waals surface area (Å²) in [6.45, 7) is 8.00. The van der Waals surface area contributed by atoms with E-state index >= 15 is 0 Å². The van der Waals surface area contributed by atoms with Crippen LogP contribution in [-0.4, -0.2) is 44.4 Å². The number of fused-ring (bicyclic) bond motifs is 3. The Balaban J connectivity index is 1.04. The second kappa shape index (κ2) is 23.0. The van der Waals surface area contributed by atoms with Gasteiger partial charge in [0.05, 0.1) is 46.3 Å². The van der Waals surface area contributed by atoms with E-state index in [1.54, 1.807) is 0 Å². The molecular formula is C78H47N11. The van der Waals surface area contributed by atoms with Gasteiger partial charge in [0.15, 0.2) is 46.5 Å². The molecule has 4 aromatic heterocycles. The van der Waals surface area contributed by atoms with Gasteiger partial charge in [-0.3, -0.25) is 0 Å². The molecule has 0 unspecified atom stereocenters. The highest BCUT2D eigenvalue weighted by molar-refractivity contribution is 6.13. The van der Waals surface area contributed by atoms with Crippen LogP contribution in [0.1, 0.15) is 5.56 Å². The predicted molar refractivity (Wildman–Crippen MR) is 354 cm³/mol. The van der Waals surface area contributed by atoms with E-state index in [0.29, 0.717) is 52.0 Å². The molecule has 0 saturated carbocycles. The second-order valence-corrected chi connectivity index (χ2v) is 21.3. The first-order valence-electron chi connectivity index (χ1n) is 29.0. The molecule has 15 aromatic rings. The van der Waals surface area contributed by atoms with Crippen molar-refractivity contribution in [1.82, 2.24) is 44.4 Å². The summed E-state index contributed by atoms with van der Waals surface area (Å²) in [5.74, 6) is 3.72. The van der Waals surface area contributed by atoms with Crippen molar-refractivity contribution in [1.29, 1.82) is 5.26 Å². The van der Waals surface area contributed by atoms with E-state index in [9.17, 15) is 5.26 Å². The molecule has 0 aliphatic heterocycles. The fraction of sp³-hybridized carbons (Fsp3) is 0. The monoisotopic (exact) mass is 1140 g/mol. The van der Waals surface area contributed by atoms with E-state index < -0.39 is 0 Å². The van der Waals surface area contributed by atoms with Gasteiger partial charge in [-0.1, -0.05) is 218 Å². The molecule has 0 N–H and O–H groups in total. The predicted octanol–water partition coefficient (Wildman–Crippen LogP) is 18.7. The first-order chi connectivity index (χ1) is 44.0. The van der Waals surface area contributed by atoms with Crippen molar-refractivity contribution in [3.63, 3.8) is 0 Å². The maximum Gasteiger partial charge on any atom is 0.187 e. The lowest BCUT2D eigenvalue weighted by Gasteiger charge is -2.21. The van der Waals surface area contributed by atoms with E-state index in [4.69, 9.17) is 46.4 Å². The van der Waals surface area contributed by atoms with E-state index in [-0.39, 0.29) is 0 Å². The van der Waals surface area contributed by atoms with Crippen LogP contribution in [-0.2, 0) is 0 Å². The van der Waals surface area contributed by atoms with E-state index in [1.165, 1.54) is 0 Å². The molecule has 0 bridgehead atoms. The van der Waals surface area contributed by atoms with Crippen molar-refractivity contribution in [3.8, 4) is 136 Å². The van der Waals surface area contributed by atoms with Gasteiger partial charge in [-0.15, -0.1) is 0 Å². The first kappa shape index (κ1) is 53.1. The Labute approximate surface area is 512 Å². The summed E-state index contributed by atoms with van der Waals surface area (Å²) in [4.78, 5) is 45.4. The summed E-state index contributed by atoms with van der Waals surface area (Å²) in [5, 5.41) is 12.0. The molecule has 0 saturated heterocycles. The molecule has 11 nitrogen and oxygen atoms in total. The molecule has 4 heterocycles. The number of nitrogens with zero attached hydrogens (tertiary/aromatic N) is 11. The van der Waals surface area contributed by atoms with Crippen LogP contribution in [0.4, 0.5) is 5.69 Å². The third-order valence-corrected chi connectivity index (χ3v) is 15.8. The topological polar surface area (TPSA) is 136 Å². The van der Waals surface area contributed by atoms with E-state index in [2.05, 4.69) is 88.3 Å². The molecule has 89 heavy (non-hydrogen) atoms. The zero-order valence-corrected chi connectivity index (χ0v) is 47.6. The van der Waals surface area contributed by atoms with Gasteiger partial charge in [0.25, 0.3) is 0 Å². The molecule has 15 rings (SSSR count). The molecule has 414 valence electrons. The molecule has 0 radical (unpaired) electrons. The fourth-order valence-electron chi connectivity index (χ4n) is 11.4. The maximum atomic E-state index is 10.2. The summed E-state index contributed by atoms with van der Waals surface area (Å²) in [7, 11) is 0. The summed E-state index contributed by atoms with van der Waals surface area (Å²) in [6, 6.07) is 97.1. The largest absolute Gasteiger partial charge is 0.308 e. The Kier molecular flexibility index (Phi) is 13.7. The molecule has 0 spiro atoms. The Morgan fingerprint density at radius 3 is 0.955 bits per heavy atom. The second-order valence-electron chi connectivity index (χ2n) is 21.3. The summed E-state index contributed by atoms with van der Waals surface area (Å²) in [5.41, 5.74) is 16.2. The number of hydrogen-bond acceptors (Lipinski definition) is 9. The minimum atomic E-state index is 0.505. The molecule has 11 aromatic carbocycles. The zero-order valence-electron chi connectivity index (χ0n) is 47.6. The first-order valence-corrected chi connectivity index (χ1v) is 29.0. The SMILES string of the molecule is [C-]#[N+]c1ccc(-c2cc(-c3nc(-c4ccccc4)cc(-c4ccccc4)n3)cc(-c3ccc(C#N)cc3)c2-n2c3ccc(-c4nc(-c5ccccc5)nc(-c5ccccc5)n4)cc3c3cc(-c4nc(-c5ccccc5)nc(-c5ccccc5)n4)ccc32)cc1. The van der Waals surface area contributed by atoms with Crippen molar-refractivity contribution in [2.24, 2.45) is 0 Å². The van der Waals surface area contributed by atoms with Crippen LogP contribution >= 0.6 is 0 Å². The number of nitriles is 1. The number of hydrogen-bond donors (Lipinski definition) is 0. The van der Waals surface area contributed by atoms with Crippen molar-refractivity contribution < 1.29 is 0 Å². The molecule has 0 amide bonds. The lowest BCUT2D eigenvalue weighted by atomic mass is 9.92. The highest BCUT2D eigenvalue weighted by Gasteiger charge is 2.25. The number of benzene rings is 11. The van der Waals surface area contributed by atoms with Gasteiger partial charge in [-0.05, 0) is 77.9 Å². The van der Waals surface area contributed by atoms with E-state index in [0.717, 1.165) is 111 Å². The van der Waals surface area contributed by atoms with Crippen LogP contribution in [0.25, 0.3) is 157 Å². The summed E-state index contributed by atoms with van der Waals surface area (Å²) >= 11 is 0. The lowest BCUT2D eigenvalue weighted by molar-refractivity contribution is 1.07. The Hall–Kier alpha value is -12.7. The van der Waals surface area contributed by atoms with Crippen LogP contribution < -0.4 is 0 Å². The Morgan fingerprint density at radius 1 is 0.292 bits per heavy atom. The van der Waals surface area contributed by atoms with Gasteiger partial charge in [-0.25, -0.2) is 44.7 Å². The minimum absolute atomic E-state index is 0.505. The van der Waals surface area contributed by atoms with Gasteiger partial charge >= 0.3 is 0 Å². The summed E-state index contributed by atoms with van der Waals surface area (Å²) < 4.78 is 2.32. The number of aromatic nitrogens is 9. The zero-order chi connectivity index (χ0) is 59.6. The normalized spacial score (nSPS) is 11.1. The molecule has 0 aliphatic carbocycles. The van der Waals surface area contributed by atoms with Crippen LogP contribution in [0.5, 0.6) is 0 Å². The molecule has 0 fully saturated rings. The van der Waals surface area contributed by atoms with Crippen molar-refractivity contribution >= 4 is 27.5 Å². The Morgan fingerprint density at radius 2 is 0.607 bits per heavy atom. The average Bonchev–Trinajstić information content (AvgIpc) is 1.70. The standard InChI is InChI=1S/C78H47N11/c1-80-62-40-36-52(37-41-62)64-47-61(78-81-67(53-20-8-2-9-21-53)48-68(82-78)54-22-10-3-11-23-54)46-63(51-34-32-50(49-79)33-35-51)71(64)89-69-42-38-59(76-85-72(55-24-12-4-13-25-55)83-73(86-76)56-26-14-5-15-27-56)44-65(69)66-45-60(39-43-70(66)89)77-87-74(57-28-16-6-17-29-57)84-75(88-77)58-30-18-7-19-31-58/h2-48H. The highest BCUT2D eigenvalue weighted by Crippen LogP contribution is 2.46. The smallest absolute Gasteiger partial charge is 0.187 e. The van der Waals surface area contributed by atoms with Gasteiger partial charge in [0.2, 0.25) is 0 Å². The minimum Gasteiger partial charge on any atom is -0.308 e. The van der Waals surface area contributed by atoms with E-state index in [1.807, 2.05) is 212 Å². The van der Waals surface area contributed by atoms with Crippen LogP contribution in [0.2, 0.25) is 0 Å². The number of rotatable bonds is 12. The van der Waals surface area contributed by atoms with Crippen molar-refractivity contribution in [3.05, 3.63) is 302 Å². The highest BCUT2D eigenvalue weighted by atomic mass is 15.0. The molecular weight excluding hydrogens is 1090 g/mol. The van der Waals surface area contributed by atoms with Crippen molar-refractivity contribution in [2.75, 3.05) is 0 Å². The quantitative estimate of drug-likeness (QED) is 0.110. The molecule has 0 atom stereocenters. The third kappa shape index (κ3) is 10.4. The Bertz CT molecular complexity index is 4790. The lowest BCUT2D eigenvalue weighted by Crippen LogP contribution is -2.03. The van der Waals surface area contributed by atoms with Gasteiger partial charge in [-0.2, -0.15) is 5.26 Å². The average molecular weight is 1140 g/mol.